The second-order valence-electron chi connectivity index (χ2n) is 4.63. The van der Waals surface area contributed by atoms with Crippen molar-refractivity contribution in [1.29, 1.82) is 0 Å². The van der Waals surface area contributed by atoms with E-state index in [0.717, 1.165) is 33.0 Å². The van der Waals surface area contributed by atoms with Crippen molar-refractivity contribution in [2.75, 3.05) is 0 Å². The zero-order valence-corrected chi connectivity index (χ0v) is 14.3. The molecule has 2 rings (SSSR count). The van der Waals surface area contributed by atoms with Crippen LogP contribution in [0.25, 0.3) is 0 Å². The minimum atomic E-state index is 0.304. The molecule has 20 heavy (non-hydrogen) atoms. The van der Waals surface area contributed by atoms with Gasteiger partial charge >= 0.3 is 0 Å². The third-order valence-electron chi connectivity index (χ3n) is 3.23. The van der Waals surface area contributed by atoms with Crippen LogP contribution in [0, 0.1) is 0 Å². The average molecular weight is 373 g/mol. The Morgan fingerprint density at radius 3 is 2.35 bits per heavy atom. The van der Waals surface area contributed by atoms with E-state index in [4.69, 9.17) is 23.2 Å². The fourth-order valence-corrected chi connectivity index (χ4v) is 2.81. The van der Waals surface area contributed by atoms with E-state index in [9.17, 15) is 0 Å². The van der Waals surface area contributed by atoms with Gasteiger partial charge in [0.2, 0.25) is 0 Å². The summed E-state index contributed by atoms with van der Waals surface area (Å²) in [6.07, 6.45) is 1.01. The molecule has 0 radical (unpaired) electrons. The van der Waals surface area contributed by atoms with E-state index in [0.29, 0.717) is 6.04 Å². The fraction of sp³-hybridized carbons (Fsp3) is 0.250. The largest absolute Gasteiger partial charge is 0.306 e. The lowest BCUT2D eigenvalue weighted by Gasteiger charge is -2.18. The van der Waals surface area contributed by atoms with Crippen molar-refractivity contribution in [2.45, 2.75) is 25.9 Å². The molecule has 0 bridgehead atoms. The maximum Gasteiger partial charge on any atom is 0.0410 e. The zero-order valence-electron chi connectivity index (χ0n) is 11.2. The molecule has 0 aromatic heterocycles. The SMILES string of the molecule is CCC(NCc1cc(Cl)ccc1Br)c1ccc(Cl)cc1. The molecular formula is C16H16BrCl2N. The van der Waals surface area contributed by atoms with Crippen LogP contribution in [0.2, 0.25) is 10.0 Å². The van der Waals surface area contributed by atoms with Crippen LogP contribution in [0.4, 0.5) is 0 Å². The third kappa shape index (κ3) is 4.23. The minimum absolute atomic E-state index is 0.304. The van der Waals surface area contributed by atoms with E-state index in [-0.39, 0.29) is 0 Å². The van der Waals surface area contributed by atoms with Gasteiger partial charge < -0.3 is 5.32 Å². The van der Waals surface area contributed by atoms with E-state index in [1.807, 2.05) is 30.3 Å². The molecule has 0 saturated heterocycles. The normalized spacial score (nSPS) is 12.4. The summed E-state index contributed by atoms with van der Waals surface area (Å²) in [5.74, 6) is 0. The van der Waals surface area contributed by atoms with Crippen molar-refractivity contribution in [2.24, 2.45) is 0 Å². The molecule has 0 amide bonds. The Bertz CT molecular complexity index is 569. The van der Waals surface area contributed by atoms with Gasteiger partial charge in [-0.1, -0.05) is 58.2 Å². The van der Waals surface area contributed by atoms with Gasteiger partial charge in [0, 0.05) is 27.1 Å². The highest BCUT2D eigenvalue weighted by molar-refractivity contribution is 9.10. The Hall–Kier alpha value is -0.540. The van der Waals surface area contributed by atoms with E-state index in [2.05, 4.69) is 40.3 Å². The van der Waals surface area contributed by atoms with Gasteiger partial charge in [-0.3, -0.25) is 0 Å². The summed E-state index contributed by atoms with van der Waals surface area (Å²) in [5, 5.41) is 5.08. The summed E-state index contributed by atoms with van der Waals surface area (Å²) >= 11 is 15.5. The van der Waals surface area contributed by atoms with Gasteiger partial charge in [-0.15, -0.1) is 0 Å². The molecule has 2 aromatic rings. The van der Waals surface area contributed by atoms with E-state index in [1.54, 1.807) is 0 Å². The number of rotatable bonds is 5. The Kier molecular flexibility index (Phi) is 5.91. The van der Waals surface area contributed by atoms with Crippen molar-refractivity contribution in [3.8, 4) is 0 Å². The molecule has 0 heterocycles. The summed E-state index contributed by atoms with van der Waals surface area (Å²) in [4.78, 5) is 0. The quantitative estimate of drug-likeness (QED) is 0.678. The Morgan fingerprint density at radius 1 is 1.05 bits per heavy atom. The van der Waals surface area contributed by atoms with E-state index >= 15 is 0 Å². The zero-order chi connectivity index (χ0) is 14.5. The number of hydrogen-bond donors (Lipinski definition) is 1. The molecule has 0 spiro atoms. The van der Waals surface area contributed by atoms with Crippen LogP contribution in [-0.2, 0) is 6.54 Å². The van der Waals surface area contributed by atoms with Gasteiger partial charge in [0.05, 0.1) is 0 Å². The van der Waals surface area contributed by atoms with Crippen molar-refractivity contribution < 1.29 is 0 Å². The first-order valence-electron chi connectivity index (χ1n) is 6.53. The van der Waals surface area contributed by atoms with Crippen LogP contribution < -0.4 is 5.32 Å². The molecule has 0 aliphatic carbocycles. The first-order chi connectivity index (χ1) is 9.60. The standard InChI is InChI=1S/C16H16BrCl2N/c1-2-16(11-3-5-13(18)6-4-11)20-10-12-9-14(19)7-8-15(12)17/h3-9,16,20H,2,10H2,1H3. The maximum atomic E-state index is 6.04. The summed E-state index contributed by atoms with van der Waals surface area (Å²) in [7, 11) is 0. The van der Waals surface area contributed by atoms with Gasteiger partial charge in [0.1, 0.15) is 0 Å². The van der Waals surface area contributed by atoms with Crippen molar-refractivity contribution in [3.63, 3.8) is 0 Å². The molecule has 0 aliphatic heterocycles. The minimum Gasteiger partial charge on any atom is -0.306 e. The first-order valence-corrected chi connectivity index (χ1v) is 8.08. The summed E-state index contributed by atoms with van der Waals surface area (Å²) in [6.45, 7) is 2.93. The second-order valence-corrected chi connectivity index (χ2v) is 6.36. The van der Waals surface area contributed by atoms with Crippen molar-refractivity contribution in [1.82, 2.24) is 5.32 Å². The predicted molar refractivity (Wildman–Crippen MR) is 90.5 cm³/mol. The molecule has 0 saturated carbocycles. The highest BCUT2D eigenvalue weighted by Gasteiger charge is 2.09. The van der Waals surface area contributed by atoms with Gasteiger partial charge in [-0.05, 0) is 47.9 Å². The molecule has 2 aromatic carbocycles. The van der Waals surface area contributed by atoms with Crippen LogP contribution in [0.1, 0.15) is 30.5 Å². The van der Waals surface area contributed by atoms with Crippen molar-refractivity contribution >= 4 is 39.1 Å². The lowest BCUT2D eigenvalue weighted by molar-refractivity contribution is 0.518. The number of nitrogens with one attached hydrogen (secondary N) is 1. The highest BCUT2D eigenvalue weighted by Crippen LogP contribution is 2.23. The van der Waals surface area contributed by atoms with E-state index in [1.165, 1.54) is 5.56 Å². The monoisotopic (exact) mass is 371 g/mol. The van der Waals surface area contributed by atoms with Gasteiger partial charge in [-0.2, -0.15) is 0 Å². The first kappa shape index (κ1) is 15.8. The number of hydrogen-bond acceptors (Lipinski definition) is 1. The summed E-state index contributed by atoms with van der Waals surface area (Å²) < 4.78 is 1.07. The van der Waals surface area contributed by atoms with Crippen LogP contribution >= 0.6 is 39.1 Å². The van der Waals surface area contributed by atoms with Gasteiger partial charge in [0.25, 0.3) is 0 Å². The van der Waals surface area contributed by atoms with Gasteiger partial charge in [-0.25, -0.2) is 0 Å². The van der Waals surface area contributed by atoms with Crippen LogP contribution in [0.15, 0.2) is 46.9 Å². The maximum absolute atomic E-state index is 6.04. The summed E-state index contributed by atoms with van der Waals surface area (Å²) in [5.41, 5.74) is 2.40. The molecule has 1 N–H and O–H groups in total. The molecule has 1 atom stereocenters. The van der Waals surface area contributed by atoms with Crippen LogP contribution in [0.5, 0.6) is 0 Å². The predicted octanol–water partition coefficient (Wildman–Crippen LogP) is 6.00. The lowest BCUT2D eigenvalue weighted by Crippen LogP contribution is -2.20. The third-order valence-corrected chi connectivity index (χ3v) is 4.49. The average Bonchev–Trinajstić information content (AvgIpc) is 2.45. The fourth-order valence-electron chi connectivity index (χ4n) is 2.10. The second kappa shape index (κ2) is 7.46. The van der Waals surface area contributed by atoms with Crippen molar-refractivity contribution in [3.05, 3.63) is 68.1 Å². The van der Waals surface area contributed by atoms with Gasteiger partial charge in [0.15, 0.2) is 0 Å². The topological polar surface area (TPSA) is 12.0 Å². The molecule has 0 aliphatic rings. The molecular weight excluding hydrogens is 357 g/mol. The smallest absolute Gasteiger partial charge is 0.0410 e. The molecule has 1 unspecified atom stereocenters. The molecule has 1 nitrogen and oxygen atoms in total. The number of benzene rings is 2. The summed E-state index contributed by atoms with van der Waals surface area (Å²) in [6, 6.07) is 14.1. The Balaban J connectivity index is 2.07. The number of halogens is 3. The molecule has 0 fully saturated rings. The van der Waals surface area contributed by atoms with Crippen LogP contribution in [0.3, 0.4) is 0 Å². The Labute approximate surface area is 138 Å². The molecule has 4 heteroatoms. The van der Waals surface area contributed by atoms with Crippen LogP contribution in [-0.4, -0.2) is 0 Å². The highest BCUT2D eigenvalue weighted by atomic mass is 79.9. The van der Waals surface area contributed by atoms with E-state index < -0.39 is 0 Å². The Morgan fingerprint density at radius 2 is 1.70 bits per heavy atom. The lowest BCUT2D eigenvalue weighted by atomic mass is 10.0. The molecule has 106 valence electrons.